The molecule has 0 bridgehead atoms. The number of aromatic nitrogens is 3. The van der Waals surface area contributed by atoms with Gasteiger partial charge in [0, 0.05) is 18.2 Å². The second-order valence-corrected chi connectivity index (χ2v) is 7.06. The summed E-state index contributed by atoms with van der Waals surface area (Å²) >= 11 is 0. The van der Waals surface area contributed by atoms with Crippen molar-refractivity contribution in [1.29, 1.82) is 0 Å². The Morgan fingerprint density at radius 3 is 2.81 bits per heavy atom. The van der Waals surface area contributed by atoms with Crippen LogP contribution in [0.3, 0.4) is 0 Å². The van der Waals surface area contributed by atoms with E-state index in [2.05, 4.69) is 46.2 Å². The summed E-state index contributed by atoms with van der Waals surface area (Å²) in [5.41, 5.74) is 4.17. The van der Waals surface area contributed by atoms with E-state index in [1.807, 2.05) is 22.8 Å². The molecule has 1 aliphatic heterocycles. The molecular formula is C21H26N4O. The highest BCUT2D eigenvalue weighted by atomic mass is 16.5. The zero-order valence-corrected chi connectivity index (χ0v) is 15.4. The van der Waals surface area contributed by atoms with Crippen LogP contribution in [-0.4, -0.2) is 45.7 Å². The minimum atomic E-state index is 0.656. The molecule has 1 saturated heterocycles. The zero-order chi connectivity index (χ0) is 17.8. The highest BCUT2D eigenvalue weighted by Gasteiger charge is 2.10. The van der Waals surface area contributed by atoms with Crippen LogP contribution in [0.15, 0.2) is 42.6 Å². The SMILES string of the molecule is Cc1cccc(-c2cnc3ccc(OCCCN4CCCCC4)nn23)c1. The lowest BCUT2D eigenvalue weighted by Gasteiger charge is -2.26. The van der Waals surface area contributed by atoms with Crippen molar-refractivity contribution in [3.05, 3.63) is 48.2 Å². The smallest absolute Gasteiger partial charge is 0.231 e. The Balaban J connectivity index is 1.42. The van der Waals surface area contributed by atoms with Gasteiger partial charge in [0.15, 0.2) is 5.65 Å². The maximum absolute atomic E-state index is 5.90. The van der Waals surface area contributed by atoms with Crippen molar-refractivity contribution < 1.29 is 4.74 Å². The molecule has 26 heavy (non-hydrogen) atoms. The Kier molecular flexibility index (Phi) is 5.16. The van der Waals surface area contributed by atoms with Gasteiger partial charge in [0.2, 0.25) is 5.88 Å². The third-order valence-corrected chi connectivity index (χ3v) is 4.97. The van der Waals surface area contributed by atoms with Gasteiger partial charge in [0.05, 0.1) is 18.5 Å². The number of nitrogens with zero attached hydrogens (tertiary/aromatic N) is 4. The largest absolute Gasteiger partial charge is 0.477 e. The van der Waals surface area contributed by atoms with Crippen LogP contribution in [0.5, 0.6) is 5.88 Å². The molecule has 0 saturated carbocycles. The average molecular weight is 350 g/mol. The van der Waals surface area contributed by atoms with Crippen LogP contribution in [0.4, 0.5) is 0 Å². The summed E-state index contributed by atoms with van der Waals surface area (Å²) in [6.07, 6.45) is 6.96. The summed E-state index contributed by atoms with van der Waals surface area (Å²) in [6.45, 7) is 6.38. The number of fused-ring (bicyclic) bond motifs is 1. The molecule has 3 heterocycles. The van der Waals surface area contributed by atoms with Gasteiger partial charge in [0.25, 0.3) is 0 Å². The van der Waals surface area contributed by atoms with Gasteiger partial charge in [-0.25, -0.2) is 9.50 Å². The van der Waals surface area contributed by atoms with E-state index in [9.17, 15) is 0 Å². The molecule has 4 rings (SSSR count). The second-order valence-electron chi connectivity index (χ2n) is 7.06. The van der Waals surface area contributed by atoms with E-state index < -0.39 is 0 Å². The Labute approximate surface area is 154 Å². The molecule has 0 atom stereocenters. The first-order valence-electron chi connectivity index (χ1n) is 9.56. The van der Waals surface area contributed by atoms with E-state index in [1.54, 1.807) is 0 Å². The van der Waals surface area contributed by atoms with Crippen molar-refractivity contribution in [2.45, 2.75) is 32.6 Å². The summed E-state index contributed by atoms with van der Waals surface area (Å²) in [5, 5.41) is 4.64. The van der Waals surface area contributed by atoms with E-state index >= 15 is 0 Å². The second kappa shape index (κ2) is 7.87. The quantitative estimate of drug-likeness (QED) is 0.631. The molecule has 5 nitrogen and oxygen atoms in total. The summed E-state index contributed by atoms with van der Waals surface area (Å²) in [4.78, 5) is 7.00. The number of likely N-dealkylation sites (tertiary alicyclic amines) is 1. The molecule has 0 spiro atoms. The number of benzene rings is 1. The molecule has 3 aromatic rings. The first kappa shape index (κ1) is 17.0. The van der Waals surface area contributed by atoms with Crippen molar-refractivity contribution in [2.75, 3.05) is 26.2 Å². The van der Waals surface area contributed by atoms with Crippen molar-refractivity contribution in [3.8, 4) is 17.1 Å². The molecule has 0 amide bonds. The Hall–Kier alpha value is -2.40. The van der Waals surface area contributed by atoms with Crippen LogP contribution in [0.2, 0.25) is 0 Å². The molecule has 1 aromatic carbocycles. The van der Waals surface area contributed by atoms with Crippen molar-refractivity contribution >= 4 is 5.65 Å². The minimum absolute atomic E-state index is 0.656. The minimum Gasteiger partial charge on any atom is -0.477 e. The van der Waals surface area contributed by atoms with Gasteiger partial charge >= 0.3 is 0 Å². The summed E-state index contributed by atoms with van der Waals surface area (Å²) in [6, 6.07) is 12.3. The molecule has 1 aliphatic rings. The number of piperidine rings is 1. The van der Waals surface area contributed by atoms with Gasteiger partial charge in [-0.05, 0) is 51.4 Å². The lowest BCUT2D eigenvalue weighted by molar-refractivity contribution is 0.202. The van der Waals surface area contributed by atoms with Crippen LogP contribution < -0.4 is 4.74 Å². The van der Waals surface area contributed by atoms with E-state index in [4.69, 9.17) is 4.74 Å². The molecule has 0 aliphatic carbocycles. The van der Waals surface area contributed by atoms with Crippen molar-refractivity contribution in [3.63, 3.8) is 0 Å². The molecule has 2 aromatic heterocycles. The molecular weight excluding hydrogens is 324 g/mol. The lowest BCUT2D eigenvalue weighted by Crippen LogP contribution is -2.31. The van der Waals surface area contributed by atoms with E-state index in [0.717, 1.165) is 29.9 Å². The normalized spacial score (nSPS) is 15.4. The van der Waals surface area contributed by atoms with Crippen LogP contribution in [-0.2, 0) is 0 Å². The molecule has 0 unspecified atom stereocenters. The molecule has 0 radical (unpaired) electrons. The number of hydrogen-bond donors (Lipinski definition) is 0. The van der Waals surface area contributed by atoms with Gasteiger partial charge in [0.1, 0.15) is 0 Å². The van der Waals surface area contributed by atoms with Gasteiger partial charge in [-0.1, -0.05) is 30.2 Å². The lowest BCUT2D eigenvalue weighted by atomic mass is 10.1. The van der Waals surface area contributed by atoms with Gasteiger partial charge in [-0.15, -0.1) is 5.10 Å². The maximum Gasteiger partial charge on any atom is 0.231 e. The van der Waals surface area contributed by atoms with Crippen LogP contribution in [0, 0.1) is 6.92 Å². The fourth-order valence-corrected chi connectivity index (χ4v) is 3.58. The third kappa shape index (κ3) is 3.88. The Morgan fingerprint density at radius 2 is 1.96 bits per heavy atom. The number of aryl methyl sites for hydroxylation is 1. The van der Waals surface area contributed by atoms with E-state index in [-0.39, 0.29) is 0 Å². The van der Waals surface area contributed by atoms with Crippen LogP contribution in [0.25, 0.3) is 16.9 Å². The topological polar surface area (TPSA) is 42.7 Å². The fraction of sp³-hybridized carbons (Fsp3) is 0.429. The van der Waals surface area contributed by atoms with Crippen molar-refractivity contribution in [1.82, 2.24) is 19.5 Å². The average Bonchev–Trinajstić information content (AvgIpc) is 3.09. The van der Waals surface area contributed by atoms with Crippen LogP contribution in [0.1, 0.15) is 31.2 Å². The predicted octanol–water partition coefficient (Wildman–Crippen LogP) is 3.96. The first-order valence-corrected chi connectivity index (χ1v) is 9.56. The molecule has 5 heteroatoms. The van der Waals surface area contributed by atoms with E-state index in [1.165, 1.54) is 37.9 Å². The maximum atomic E-state index is 5.90. The van der Waals surface area contributed by atoms with Gasteiger partial charge < -0.3 is 9.64 Å². The zero-order valence-electron chi connectivity index (χ0n) is 15.4. The number of imidazole rings is 1. The third-order valence-electron chi connectivity index (χ3n) is 4.97. The number of hydrogen-bond acceptors (Lipinski definition) is 4. The van der Waals surface area contributed by atoms with Gasteiger partial charge in [-0.3, -0.25) is 0 Å². The first-order chi connectivity index (χ1) is 12.8. The molecule has 1 fully saturated rings. The fourth-order valence-electron chi connectivity index (χ4n) is 3.58. The Morgan fingerprint density at radius 1 is 1.08 bits per heavy atom. The highest BCUT2D eigenvalue weighted by Crippen LogP contribution is 2.22. The van der Waals surface area contributed by atoms with Gasteiger partial charge in [-0.2, -0.15) is 0 Å². The van der Waals surface area contributed by atoms with E-state index in [0.29, 0.717) is 12.5 Å². The highest BCUT2D eigenvalue weighted by molar-refractivity contribution is 5.63. The predicted molar refractivity (Wildman–Crippen MR) is 104 cm³/mol. The summed E-state index contributed by atoms with van der Waals surface area (Å²) in [7, 11) is 0. The molecule has 0 N–H and O–H groups in total. The monoisotopic (exact) mass is 350 g/mol. The molecule has 136 valence electrons. The Bertz CT molecular complexity index is 867. The van der Waals surface area contributed by atoms with Crippen molar-refractivity contribution in [2.24, 2.45) is 0 Å². The number of rotatable bonds is 6. The summed E-state index contributed by atoms with van der Waals surface area (Å²) < 4.78 is 7.77. The van der Waals surface area contributed by atoms with Crippen LogP contribution >= 0.6 is 0 Å². The summed E-state index contributed by atoms with van der Waals surface area (Å²) in [5.74, 6) is 0.656. The standard InChI is InChI=1S/C21H26N4O/c1-17-7-5-8-18(15-17)19-16-22-20-9-10-21(23-25(19)20)26-14-6-13-24-11-3-2-4-12-24/h5,7-10,15-16H,2-4,6,11-14H2,1H3. The number of ether oxygens (including phenoxy) is 1.